The predicted molar refractivity (Wildman–Crippen MR) is 88.0 cm³/mol. The second-order valence-electron chi connectivity index (χ2n) is 5.31. The van der Waals surface area contributed by atoms with Crippen LogP contribution in [0.25, 0.3) is 10.4 Å². The zero-order valence-electron chi connectivity index (χ0n) is 12.7. The summed E-state index contributed by atoms with van der Waals surface area (Å²) in [5.41, 5.74) is 1.04. The molecule has 0 radical (unpaired) electrons. The van der Waals surface area contributed by atoms with Crippen molar-refractivity contribution in [2.75, 3.05) is 13.2 Å². The van der Waals surface area contributed by atoms with Gasteiger partial charge in [-0.2, -0.15) is 0 Å². The summed E-state index contributed by atoms with van der Waals surface area (Å²) in [4.78, 5) is 13.9. The fourth-order valence-electron chi connectivity index (χ4n) is 2.21. The Morgan fingerprint density at radius 2 is 2.00 bits per heavy atom. The molecule has 1 aromatic heterocycles. The van der Waals surface area contributed by atoms with Gasteiger partial charge >= 0.3 is 0 Å². The van der Waals surface area contributed by atoms with Crippen molar-refractivity contribution in [2.24, 2.45) is 0 Å². The average Bonchev–Trinajstić information content (AvgIpc) is 3.04. The molecule has 2 heterocycles. The highest BCUT2D eigenvalue weighted by Gasteiger charge is 2.15. The van der Waals surface area contributed by atoms with Crippen LogP contribution in [0.1, 0.15) is 29.9 Å². The molecule has 22 heavy (non-hydrogen) atoms. The minimum Gasteiger partial charge on any atom is -0.486 e. The van der Waals surface area contributed by atoms with E-state index in [1.807, 2.05) is 37.3 Å². The first-order valence-electron chi connectivity index (χ1n) is 7.48. The third-order valence-corrected chi connectivity index (χ3v) is 4.78. The van der Waals surface area contributed by atoms with Gasteiger partial charge in [-0.25, -0.2) is 0 Å². The van der Waals surface area contributed by atoms with Crippen LogP contribution in [0.4, 0.5) is 0 Å². The molecule has 1 N–H and O–H groups in total. The molecule has 1 aliphatic heterocycles. The third-order valence-electron chi connectivity index (χ3n) is 3.65. The topological polar surface area (TPSA) is 47.6 Å². The van der Waals surface area contributed by atoms with Crippen LogP contribution in [0.3, 0.4) is 0 Å². The maximum atomic E-state index is 12.1. The number of amides is 1. The fourth-order valence-corrected chi connectivity index (χ4v) is 3.11. The Morgan fingerprint density at radius 1 is 1.23 bits per heavy atom. The van der Waals surface area contributed by atoms with Crippen molar-refractivity contribution >= 4 is 17.2 Å². The van der Waals surface area contributed by atoms with Crippen molar-refractivity contribution in [3.05, 3.63) is 35.2 Å². The molecule has 1 unspecified atom stereocenters. The number of carbonyl (C=O) groups excluding carboxylic acids is 1. The van der Waals surface area contributed by atoms with E-state index in [0.717, 1.165) is 33.2 Å². The minimum absolute atomic E-state index is 0.0110. The highest BCUT2D eigenvalue weighted by Crippen LogP contribution is 2.36. The first-order chi connectivity index (χ1) is 10.7. The van der Waals surface area contributed by atoms with Crippen LogP contribution in [0, 0.1) is 0 Å². The Bertz CT molecular complexity index is 680. The minimum atomic E-state index is -0.0110. The molecule has 116 valence electrons. The third kappa shape index (κ3) is 3.09. The zero-order chi connectivity index (χ0) is 15.5. The largest absolute Gasteiger partial charge is 0.486 e. The molecule has 3 rings (SSSR count). The summed E-state index contributed by atoms with van der Waals surface area (Å²) >= 11 is 1.49. The Hall–Kier alpha value is -2.01. The number of thiophene rings is 1. The summed E-state index contributed by atoms with van der Waals surface area (Å²) in [6.45, 7) is 5.22. The molecule has 5 heteroatoms. The summed E-state index contributed by atoms with van der Waals surface area (Å²) in [6, 6.07) is 9.91. The highest BCUT2D eigenvalue weighted by molar-refractivity contribution is 7.17. The normalized spacial score (nSPS) is 14.5. The van der Waals surface area contributed by atoms with Crippen LogP contribution in [0.5, 0.6) is 11.5 Å². The number of hydrogen-bond acceptors (Lipinski definition) is 4. The maximum absolute atomic E-state index is 12.1. The lowest BCUT2D eigenvalue weighted by molar-refractivity contribution is 0.0943. The van der Waals surface area contributed by atoms with Crippen molar-refractivity contribution in [1.29, 1.82) is 0 Å². The van der Waals surface area contributed by atoms with Gasteiger partial charge in [-0.05, 0) is 49.2 Å². The van der Waals surface area contributed by atoms with Crippen LogP contribution in [-0.4, -0.2) is 25.2 Å². The smallest absolute Gasteiger partial charge is 0.261 e. The number of carbonyl (C=O) groups is 1. The van der Waals surface area contributed by atoms with Gasteiger partial charge in [-0.1, -0.05) is 6.92 Å². The number of benzene rings is 1. The van der Waals surface area contributed by atoms with Crippen LogP contribution >= 0.6 is 11.3 Å². The van der Waals surface area contributed by atoms with Gasteiger partial charge in [0.2, 0.25) is 0 Å². The monoisotopic (exact) mass is 317 g/mol. The molecular weight excluding hydrogens is 298 g/mol. The van der Waals surface area contributed by atoms with E-state index in [2.05, 4.69) is 12.2 Å². The van der Waals surface area contributed by atoms with Gasteiger partial charge in [0.25, 0.3) is 5.91 Å². The van der Waals surface area contributed by atoms with Crippen molar-refractivity contribution < 1.29 is 14.3 Å². The molecule has 1 amide bonds. The van der Waals surface area contributed by atoms with E-state index in [-0.39, 0.29) is 11.9 Å². The zero-order valence-corrected chi connectivity index (χ0v) is 13.5. The molecule has 0 aliphatic carbocycles. The number of hydrogen-bond donors (Lipinski definition) is 1. The molecule has 4 nitrogen and oxygen atoms in total. The number of fused-ring (bicyclic) bond motifs is 1. The van der Waals surface area contributed by atoms with Gasteiger partial charge in [0, 0.05) is 10.9 Å². The standard InChI is InChI=1S/C17H19NO3S/c1-3-11(2)18-17(19)16-7-6-15(22-16)12-4-5-13-14(10-12)21-9-8-20-13/h4-7,10-11H,3,8-9H2,1-2H3,(H,18,19). The van der Waals surface area contributed by atoms with E-state index in [9.17, 15) is 4.79 Å². The molecule has 0 saturated carbocycles. The van der Waals surface area contributed by atoms with Gasteiger partial charge < -0.3 is 14.8 Å². The number of nitrogens with one attached hydrogen (secondary N) is 1. The lowest BCUT2D eigenvalue weighted by atomic mass is 10.1. The SMILES string of the molecule is CCC(C)NC(=O)c1ccc(-c2ccc3c(c2)OCCO3)s1. The van der Waals surface area contributed by atoms with E-state index in [1.165, 1.54) is 11.3 Å². The second-order valence-corrected chi connectivity index (χ2v) is 6.39. The molecule has 1 aliphatic rings. The Labute approximate surface area is 134 Å². The van der Waals surface area contributed by atoms with Gasteiger partial charge in [0.1, 0.15) is 13.2 Å². The van der Waals surface area contributed by atoms with Gasteiger partial charge in [-0.3, -0.25) is 4.79 Å². The molecular formula is C17H19NO3S. The molecule has 1 aromatic carbocycles. The molecule has 0 bridgehead atoms. The van der Waals surface area contributed by atoms with Crippen LogP contribution in [-0.2, 0) is 0 Å². The Balaban J connectivity index is 1.80. The molecule has 0 saturated heterocycles. The summed E-state index contributed by atoms with van der Waals surface area (Å²) in [5.74, 6) is 1.53. The molecule has 0 fully saturated rings. The van der Waals surface area contributed by atoms with Gasteiger partial charge in [-0.15, -0.1) is 11.3 Å². The first kappa shape index (κ1) is 14.9. The van der Waals surface area contributed by atoms with E-state index in [4.69, 9.17) is 9.47 Å². The number of rotatable bonds is 4. The lowest BCUT2D eigenvalue weighted by Gasteiger charge is -2.18. The van der Waals surface area contributed by atoms with Gasteiger partial charge in [0.05, 0.1) is 4.88 Å². The van der Waals surface area contributed by atoms with Gasteiger partial charge in [0.15, 0.2) is 11.5 Å². The Morgan fingerprint density at radius 3 is 2.77 bits per heavy atom. The van der Waals surface area contributed by atoms with E-state index >= 15 is 0 Å². The summed E-state index contributed by atoms with van der Waals surface area (Å²) in [7, 11) is 0. The number of ether oxygens (including phenoxy) is 2. The maximum Gasteiger partial charge on any atom is 0.261 e. The molecule has 0 spiro atoms. The van der Waals surface area contributed by atoms with Crippen molar-refractivity contribution in [1.82, 2.24) is 5.32 Å². The molecule has 2 aromatic rings. The van der Waals surface area contributed by atoms with Crippen LogP contribution in [0.15, 0.2) is 30.3 Å². The summed E-state index contributed by atoms with van der Waals surface area (Å²) < 4.78 is 11.1. The lowest BCUT2D eigenvalue weighted by Crippen LogP contribution is -2.31. The van der Waals surface area contributed by atoms with Crippen molar-refractivity contribution in [3.63, 3.8) is 0 Å². The predicted octanol–water partition coefficient (Wildman–Crippen LogP) is 3.71. The van der Waals surface area contributed by atoms with E-state index in [0.29, 0.717) is 13.2 Å². The van der Waals surface area contributed by atoms with Crippen molar-refractivity contribution in [2.45, 2.75) is 26.3 Å². The fraction of sp³-hybridized carbons (Fsp3) is 0.353. The van der Waals surface area contributed by atoms with E-state index in [1.54, 1.807) is 0 Å². The quantitative estimate of drug-likeness (QED) is 0.935. The summed E-state index contributed by atoms with van der Waals surface area (Å²) in [5, 5.41) is 2.99. The van der Waals surface area contributed by atoms with Crippen molar-refractivity contribution in [3.8, 4) is 21.9 Å². The highest BCUT2D eigenvalue weighted by atomic mass is 32.1. The van der Waals surface area contributed by atoms with Crippen LogP contribution < -0.4 is 14.8 Å². The average molecular weight is 317 g/mol. The molecule has 1 atom stereocenters. The summed E-state index contributed by atoms with van der Waals surface area (Å²) in [6.07, 6.45) is 0.923. The second kappa shape index (κ2) is 6.40. The van der Waals surface area contributed by atoms with Crippen LogP contribution in [0.2, 0.25) is 0 Å². The van der Waals surface area contributed by atoms with E-state index < -0.39 is 0 Å². The first-order valence-corrected chi connectivity index (χ1v) is 8.29. The Kier molecular flexibility index (Phi) is 4.34.